The maximum absolute atomic E-state index is 5.77. The molecule has 3 heterocycles. The lowest BCUT2D eigenvalue weighted by Gasteiger charge is -2.13. The molecular formula is C15H21N5O. The van der Waals surface area contributed by atoms with Gasteiger partial charge < -0.3 is 4.74 Å². The number of aromatic amines is 1. The average Bonchev–Trinajstić information content (AvgIpc) is 2.87. The quantitative estimate of drug-likeness (QED) is 0.876. The Morgan fingerprint density at radius 1 is 1.38 bits per heavy atom. The van der Waals surface area contributed by atoms with E-state index < -0.39 is 0 Å². The Kier molecular flexibility index (Phi) is 3.27. The lowest BCUT2D eigenvalue weighted by atomic mass is 10.2. The first kappa shape index (κ1) is 13.0. The number of H-pyrrole nitrogens is 1. The van der Waals surface area contributed by atoms with Crippen molar-refractivity contribution in [2.45, 2.75) is 39.1 Å². The van der Waals surface area contributed by atoms with Crippen molar-refractivity contribution in [2.75, 3.05) is 6.61 Å². The third-order valence-electron chi connectivity index (χ3n) is 4.26. The highest BCUT2D eigenvalue weighted by molar-refractivity contribution is 5.28. The molecule has 0 bridgehead atoms. The molecule has 0 saturated heterocycles. The molecule has 6 nitrogen and oxygen atoms in total. The fraction of sp³-hybridized carbons (Fsp3) is 0.600. The summed E-state index contributed by atoms with van der Waals surface area (Å²) in [5.74, 6) is 0.805. The Labute approximate surface area is 124 Å². The first-order valence-corrected chi connectivity index (χ1v) is 7.60. The maximum atomic E-state index is 5.77. The SMILES string of the molecule is Cn1cc(CN2Cc3[nH]nc(COCC4CC4)c3C2)cn1. The van der Waals surface area contributed by atoms with Crippen molar-refractivity contribution in [3.8, 4) is 0 Å². The van der Waals surface area contributed by atoms with Gasteiger partial charge in [-0.1, -0.05) is 0 Å². The van der Waals surface area contributed by atoms with E-state index in [1.807, 2.05) is 17.9 Å². The smallest absolute Gasteiger partial charge is 0.0927 e. The van der Waals surface area contributed by atoms with Crippen LogP contribution in [0.1, 0.15) is 35.4 Å². The van der Waals surface area contributed by atoms with Crippen LogP contribution in [0.4, 0.5) is 0 Å². The van der Waals surface area contributed by atoms with Crippen LogP contribution in [-0.2, 0) is 38.0 Å². The van der Waals surface area contributed by atoms with Gasteiger partial charge in [0, 0.05) is 50.6 Å². The number of fused-ring (bicyclic) bond motifs is 1. The van der Waals surface area contributed by atoms with Gasteiger partial charge in [-0.25, -0.2) is 0 Å². The highest BCUT2D eigenvalue weighted by Gasteiger charge is 2.26. The van der Waals surface area contributed by atoms with Crippen LogP contribution in [-0.4, -0.2) is 31.5 Å². The molecule has 0 atom stereocenters. The van der Waals surface area contributed by atoms with E-state index in [4.69, 9.17) is 4.74 Å². The van der Waals surface area contributed by atoms with Gasteiger partial charge in [0.25, 0.3) is 0 Å². The normalized spacial score (nSPS) is 18.3. The first-order chi connectivity index (χ1) is 10.3. The second-order valence-corrected chi connectivity index (χ2v) is 6.25. The molecule has 6 heteroatoms. The molecule has 1 N–H and O–H groups in total. The molecule has 0 unspecified atom stereocenters. The van der Waals surface area contributed by atoms with Gasteiger partial charge in [0.15, 0.2) is 0 Å². The van der Waals surface area contributed by atoms with Crippen LogP contribution in [0.2, 0.25) is 0 Å². The van der Waals surface area contributed by atoms with Gasteiger partial charge >= 0.3 is 0 Å². The molecule has 1 aliphatic heterocycles. The van der Waals surface area contributed by atoms with Crippen molar-refractivity contribution in [1.29, 1.82) is 0 Å². The minimum Gasteiger partial charge on any atom is -0.375 e. The number of aryl methyl sites for hydroxylation is 1. The van der Waals surface area contributed by atoms with Crippen LogP contribution in [0.3, 0.4) is 0 Å². The summed E-state index contributed by atoms with van der Waals surface area (Å²) in [6.07, 6.45) is 6.67. The topological polar surface area (TPSA) is 59.0 Å². The van der Waals surface area contributed by atoms with Gasteiger partial charge in [-0.2, -0.15) is 10.2 Å². The molecule has 0 amide bonds. The van der Waals surface area contributed by atoms with Crippen molar-refractivity contribution in [3.05, 3.63) is 34.9 Å². The van der Waals surface area contributed by atoms with E-state index in [0.717, 1.165) is 37.9 Å². The summed E-state index contributed by atoms with van der Waals surface area (Å²) in [6.45, 7) is 4.34. The predicted octanol–water partition coefficient (Wildman–Crippen LogP) is 1.59. The summed E-state index contributed by atoms with van der Waals surface area (Å²) < 4.78 is 7.62. The van der Waals surface area contributed by atoms with Crippen LogP contribution < -0.4 is 0 Å². The molecule has 112 valence electrons. The van der Waals surface area contributed by atoms with E-state index >= 15 is 0 Å². The fourth-order valence-electron chi connectivity index (χ4n) is 2.91. The highest BCUT2D eigenvalue weighted by atomic mass is 16.5. The Balaban J connectivity index is 1.35. The van der Waals surface area contributed by atoms with Crippen molar-refractivity contribution in [2.24, 2.45) is 13.0 Å². The van der Waals surface area contributed by atoms with Crippen LogP contribution >= 0.6 is 0 Å². The van der Waals surface area contributed by atoms with Gasteiger partial charge in [-0.3, -0.25) is 14.7 Å². The summed E-state index contributed by atoms with van der Waals surface area (Å²) in [5, 5.41) is 11.8. The Morgan fingerprint density at radius 3 is 3.05 bits per heavy atom. The number of hydrogen-bond donors (Lipinski definition) is 1. The molecule has 2 aromatic heterocycles. The van der Waals surface area contributed by atoms with Gasteiger partial charge in [0.05, 0.1) is 24.2 Å². The summed E-state index contributed by atoms with van der Waals surface area (Å²) in [5.41, 5.74) is 4.90. The molecule has 0 radical (unpaired) electrons. The molecule has 1 fully saturated rings. The molecule has 0 spiro atoms. The zero-order chi connectivity index (χ0) is 14.2. The standard InChI is InChI=1S/C15H21N5O/c1-19-5-12(4-16-19)6-20-7-13-14(8-20)17-18-15(13)10-21-9-11-2-3-11/h4-5,11H,2-3,6-10H2,1H3,(H,17,18). The number of hydrogen-bond acceptors (Lipinski definition) is 4. The van der Waals surface area contributed by atoms with Crippen LogP contribution in [0, 0.1) is 5.92 Å². The van der Waals surface area contributed by atoms with Gasteiger partial charge in [-0.15, -0.1) is 0 Å². The molecule has 21 heavy (non-hydrogen) atoms. The van der Waals surface area contributed by atoms with Crippen molar-refractivity contribution in [3.63, 3.8) is 0 Å². The zero-order valence-electron chi connectivity index (χ0n) is 12.4. The average molecular weight is 287 g/mol. The van der Waals surface area contributed by atoms with Crippen LogP contribution in [0.15, 0.2) is 12.4 Å². The lowest BCUT2D eigenvalue weighted by Crippen LogP contribution is -2.16. The third kappa shape index (κ3) is 2.87. The van der Waals surface area contributed by atoms with Crippen molar-refractivity contribution < 1.29 is 4.74 Å². The Bertz CT molecular complexity index is 628. The number of rotatable bonds is 6. The Hall–Kier alpha value is -1.66. The third-order valence-corrected chi connectivity index (χ3v) is 4.26. The van der Waals surface area contributed by atoms with E-state index in [2.05, 4.69) is 26.4 Å². The molecule has 1 saturated carbocycles. The molecule has 2 aromatic rings. The van der Waals surface area contributed by atoms with E-state index in [1.54, 1.807) is 0 Å². The van der Waals surface area contributed by atoms with Crippen LogP contribution in [0.5, 0.6) is 0 Å². The van der Waals surface area contributed by atoms with Crippen molar-refractivity contribution in [1.82, 2.24) is 24.9 Å². The monoisotopic (exact) mass is 287 g/mol. The second-order valence-electron chi connectivity index (χ2n) is 6.25. The largest absolute Gasteiger partial charge is 0.375 e. The van der Waals surface area contributed by atoms with Gasteiger partial charge in [0.1, 0.15) is 0 Å². The Morgan fingerprint density at radius 2 is 2.29 bits per heavy atom. The van der Waals surface area contributed by atoms with E-state index in [1.165, 1.54) is 29.7 Å². The van der Waals surface area contributed by atoms with Gasteiger partial charge in [0.2, 0.25) is 0 Å². The highest BCUT2D eigenvalue weighted by Crippen LogP contribution is 2.30. The summed E-state index contributed by atoms with van der Waals surface area (Å²) in [4.78, 5) is 2.41. The molecule has 4 rings (SSSR count). The second kappa shape index (κ2) is 5.27. The van der Waals surface area contributed by atoms with E-state index in [9.17, 15) is 0 Å². The summed E-state index contributed by atoms with van der Waals surface area (Å²) in [7, 11) is 1.95. The predicted molar refractivity (Wildman–Crippen MR) is 77.1 cm³/mol. The van der Waals surface area contributed by atoms with Crippen LogP contribution in [0.25, 0.3) is 0 Å². The van der Waals surface area contributed by atoms with Crippen molar-refractivity contribution >= 4 is 0 Å². The first-order valence-electron chi connectivity index (χ1n) is 7.60. The maximum Gasteiger partial charge on any atom is 0.0927 e. The number of nitrogens with one attached hydrogen (secondary N) is 1. The number of aromatic nitrogens is 4. The van der Waals surface area contributed by atoms with E-state index in [0.29, 0.717) is 6.61 Å². The molecule has 0 aromatic carbocycles. The molecule has 1 aliphatic carbocycles. The summed E-state index contributed by atoms with van der Waals surface area (Å²) >= 11 is 0. The number of ether oxygens (including phenoxy) is 1. The minimum absolute atomic E-state index is 0.642. The van der Waals surface area contributed by atoms with Gasteiger partial charge in [-0.05, 0) is 18.8 Å². The fourth-order valence-corrected chi connectivity index (χ4v) is 2.91. The molecule has 2 aliphatic rings. The number of nitrogens with zero attached hydrogens (tertiary/aromatic N) is 4. The van der Waals surface area contributed by atoms with E-state index in [-0.39, 0.29) is 0 Å². The lowest BCUT2D eigenvalue weighted by molar-refractivity contribution is 0.107. The zero-order valence-corrected chi connectivity index (χ0v) is 12.4. The minimum atomic E-state index is 0.642. The summed E-state index contributed by atoms with van der Waals surface area (Å²) in [6, 6.07) is 0. The molecular weight excluding hydrogens is 266 g/mol.